The van der Waals surface area contributed by atoms with Gasteiger partial charge in [0.15, 0.2) is 0 Å². The van der Waals surface area contributed by atoms with Crippen LogP contribution in [0.3, 0.4) is 0 Å². The molecule has 1 unspecified atom stereocenters. The number of rotatable bonds is 4. The second-order valence-electron chi connectivity index (χ2n) is 8.33. The highest BCUT2D eigenvalue weighted by Crippen LogP contribution is 2.21. The average Bonchev–Trinajstić information content (AvgIpc) is 3.06. The molecule has 0 aliphatic carbocycles. The van der Waals surface area contributed by atoms with E-state index in [0.717, 1.165) is 49.9 Å². The van der Waals surface area contributed by atoms with Crippen molar-refractivity contribution in [2.45, 2.75) is 32.7 Å². The van der Waals surface area contributed by atoms with Crippen LogP contribution in [-0.4, -0.2) is 90.0 Å². The monoisotopic (exact) mass is 412 g/mol. The Morgan fingerprint density at radius 1 is 1.00 bits per heavy atom. The maximum absolute atomic E-state index is 13.1. The first-order valence-electron chi connectivity index (χ1n) is 11.1. The molecule has 0 saturated carbocycles. The Morgan fingerprint density at radius 2 is 1.77 bits per heavy atom. The summed E-state index contributed by atoms with van der Waals surface area (Å²) in [6, 6.07) is 8.08. The maximum atomic E-state index is 13.1. The predicted octanol–water partition coefficient (Wildman–Crippen LogP) is 2.59. The van der Waals surface area contributed by atoms with Crippen molar-refractivity contribution in [2.75, 3.05) is 52.5 Å². The number of ether oxygens (including phenoxy) is 1. The number of amides is 2. The average molecular weight is 413 g/mol. The van der Waals surface area contributed by atoms with Crippen LogP contribution in [0.5, 0.6) is 0 Å². The fraction of sp³-hybridized carbons (Fsp3) is 0.565. The third kappa shape index (κ3) is 4.37. The molecule has 2 aliphatic rings. The Balaban J connectivity index is 1.47. The molecule has 3 heterocycles. The molecule has 4 rings (SSSR count). The number of H-pyrrole nitrogens is 1. The normalized spacial score (nSPS) is 19.7. The summed E-state index contributed by atoms with van der Waals surface area (Å²) in [5.41, 5.74) is 2.13. The van der Waals surface area contributed by atoms with E-state index in [9.17, 15) is 9.59 Å². The van der Waals surface area contributed by atoms with Crippen molar-refractivity contribution in [3.05, 3.63) is 35.5 Å². The highest BCUT2D eigenvalue weighted by molar-refractivity contribution is 6.01. The summed E-state index contributed by atoms with van der Waals surface area (Å²) in [5, 5.41) is 0.897. The number of aromatic amines is 1. The fourth-order valence-electron chi connectivity index (χ4n) is 4.34. The quantitative estimate of drug-likeness (QED) is 0.838. The number of hydrogen-bond donors (Lipinski definition) is 1. The lowest BCUT2D eigenvalue weighted by Gasteiger charge is -2.26. The molecule has 2 fully saturated rings. The van der Waals surface area contributed by atoms with Crippen LogP contribution >= 0.6 is 0 Å². The lowest BCUT2D eigenvalue weighted by molar-refractivity contribution is 0.0299. The minimum absolute atomic E-state index is 0.0139. The summed E-state index contributed by atoms with van der Waals surface area (Å²) < 4.78 is 5.33. The lowest BCUT2D eigenvalue weighted by atomic mass is 10.1. The van der Waals surface area contributed by atoms with Crippen LogP contribution in [0.4, 0.5) is 0 Å². The lowest BCUT2D eigenvalue weighted by Crippen LogP contribution is -2.40. The third-order valence-electron chi connectivity index (χ3n) is 6.43. The van der Waals surface area contributed by atoms with Crippen LogP contribution in [0.2, 0.25) is 0 Å². The molecule has 0 radical (unpaired) electrons. The van der Waals surface area contributed by atoms with E-state index in [2.05, 4.69) is 23.7 Å². The number of carbonyl (C=O) groups excluding carboxylic acids is 2. The molecule has 2 aromatic rings. The van der Waals surface area contributed by atoms with Crippen molar-refractivity contribution in [1.82, 2.24) is 19.7 Å². The highest BCUT2D eigenvalue weighted by atomic mass is 16.5. The zero-order valence-corrected chi connectivity index (χ0v) is 18.0. The second kappa shape index (κ2) is 9.18. The van der Waals surface area contributed by atoms with Gasteiger partial charge in [-0.3, -0.25) is 14.5 Å². The van der Waals surface area contributed by atoms with Crippen molar-refractivity contribution in [3.8, 4) is 0 Å². The Bertz CT molecular complexity index is 903. The van der Waals surface area contributed by atoms with E-state index in [1.165, 1.54) is 0 Å². The van der Waals surface area contributed by atoms with Crippen LogP contribution < -0.4 is 0 Å². The summed E-state index contributed by atoms with van der Waals surface area (Å²) in [7, 11) is 0. The fourth-order valence-corrected chi connectivity index (χ4v) is 4.34. The highest BCUT2D eigenvalue weighted by Gasteiger charge is 2.23. The molecule has 2 saturated heterocycles. The summed E-state index contributed by atoms with van der Waals surface area (Å²) in [5.74, 6) is 0.0604. The van der Waals surface area contributed by atoms with Crippen molar-refractivity contribution < 1.29 is 14.3 Å². The van der Waals surface area contributed by atoms with E-state index >= 15 is 0 Å². The van der Waals surface area contributed by atoms with Gasteiger partial charge in [-0.1, -0.05) is 6.92 Å². The number of nitrogens with one attached hydrogen (secondary N) is 1. The van der Waals surface area contributed by atoms with Gasteiger partial charge in [-0.25, -0.2) is 0 Å². The largest absolute Gasteiger partial charge is 0.378 e. The first-order valence-corrected chi connectivity index (χ1v) is 11.1. The van der Waals surface area contributed by atoms with Gasteiger partial charge in [0.25, 0.3) is 11.8 Å². The molecule has 1 atom stereocenters. The van der Waals surface area contributed by atoms with Crippen LogP contribution in [-0.2, 0) is 4.74 Å². The zero-order chi connectivity index (χ0) is 21.1. The van der Waals surface area contributed by atoms with Gasteiger partial charge < -0.3 is 19.5 Å². The molecule has 1 aromatic carbocycles. The Hall–Kier alpha value is -2.38. The predicted molar refractivity (Wildman–Crippen MR) is 117 cm³/mol. The zero-order valence-electron chi connectivity index (χ0n) is 18.0. The second-order valence-corrected chi connectivity index (χ2v) is 8.33. The van der Waals surface area contributed by atoms with E-state index in [0.29, 0.717) is 43.6 Å². The first-order chi connectivity index (χ1) is 14.6. The standard InChI is InChI=1S/C23H32N4O3/c1-3-17(2)25-7-4-8-26(10-9-25)22(28)18-5-6-20-19(15-18)16-21(24-20)23(29)27-11-13-30-14-12-27/h5-6,15-17,24H,3-4,7-14H2,1-2H3. The molecular formula is C23H32N4O3. The Kier molecular flexibility index (Phi) is 6.39. The van der Waals surface area contributed by atoms with Crippen LogP contribution in [0.1, 0.15) is 47.5 Å². The molecule has 1 aromatic heterocycles. The van der Waals surface area contributed by atoms with Crippen LogP contribution in [0.15, 0.2) is 24.3 Å². The van der Waals surface area contributed by atoms with E-state index in [4.69, 9.17) is 4.74 Å². The number of fused-ring (bicyclic) bond motifs is 1. The molecule has 2 aliphatic heterocycles. The molecule has 7 nitrogen and oxygen atoms in total. The smallest absolute Gasteiger partial charge is 0.270 e. The van der Waals surface area contributed by atoms with E-state index in [-0.39, 0.29) is 11.8 Å². The van der Waals surface area contributed by atoms with Gasteiger partial charge in [-0.15, -0.1) is 0 Å². The molecular weight excluding hydrogens is 380 g/mol. The molecule has 0 bridgehead atoms. The van der Waals surface area contributed by atoms with Gasteiger partial charge >= 0.3 is 0 Å². The van der Waals surface area contributed by atoms with E-state index < -0.39 is 0 Å². The summed E-state index contributed by atoms with van der Waals surface area (Å²) >= 11 is 0. The minimum atomic E-state index is -0.0139. The molecule has 1 N–H and O–H groups in total. The van der Waals surface area contributed by atoms with Crippen molar-refractivity contribution in [3.63, 3.8) is 0 Å². The molecule has 162 valence electrons. The SMILES string of the molecule is CCC(C)N1CCCN(C(=O)c2ccc3[nH]c(C(=O)N4CCOCC4)cc3c2)CC1. The van der Waals surface area contributed by atoms with Crippen molar-refractivity contribution >= 4 is 22.7 Å². The van der Waals surface area contributed by atoms with Crippen molar-refractivity contribution in [1.29, 1.82) is 0 Å². The number of carbonyl (C=O) groups is 2. The van der Waals surface area contributed by atoms with Gasteiger partial charge in [0.05, 0.1) is 13.2 Å². The third-order valence-corrected chi connectivity index (χ3v) is 6.43. The topological polar surface area (TPSA) is 68.9 Å². The first kappa shape index (κ1) is 20.9. The summed E-state index contributed by atoms with van der Waals surface area (Å²) in [4.78, 5) is 35.3. The minimum Gasteiger partial charge on any atom is -0.378 e. The van der Waals surface area contributed by atoms with Crippen LogP contribution in [0, 0.1) is 0 Å². The van der Waals surface area contributed by atoms with Crippen molar-refractivity contribution in [2.24, 2.45) is 0 Å². The number of hydrogen-bond acceptors (Lipinski definition) is 4. The number of benzene rings is 1. The van der Waals surface area contributed by atoms with Gasteiger partial charge in [0.1, 0.15) is 5.69 Å². The van der Waals surface area contributed by atoms with E-state index in [1.807, 2.05) is 29.2 Å². The summed E-state index contributed by atoms with van der Waals surface area (Å²) in [6.07, 6.45) is 2.13. The van der Waals surface area contributed by atoms with Crippen LogP contribution in [0.25, 0.3) is 10.9 Å². The molecule has 2 amide bonds. The van der Waals surface area contributed by atoms with Gasteiger partial charge in [0.2, 0.25) is 0 Å². The Labute approximate surface area is 178 Å². The number of nitrogens with zero attached hydrogens (tertiary/aromatic N) is 3. The van der Waals surface area contributed by atoms with Gasteiger partial charge in [-0.2, -0.15) is 0 Å². The van der Waals surface area contributed by atoms with E-state index in [1.54, 1.807) is 4.90 Å². The molecule has 0 spiro atoms. The van der Waals surface area contributed by atoms with Gasteiger partial charge in [0, 0.05) is 61.8 Å². The Morgan fingerprint density at radius 3 is 2.53 bits per heavy atom. The number of morpholine rings is 1. The maximum Gasteiger partial charge on any atom is 0.270 e. The molecule has 7 heteroatoms. The summed E-state index contributed by atoms with van der Waals surface area (Å²) in [6.45, 7) is 10.4. The number of aromatic nitrogens is 1. The molecule has 30 heavy (non-hydrogen) atoms. The van der Waals surface area contributed by atoms with Gasteiger partial charge in [-0.05, 0) is 44.0 Å².